The SMILES string of the molecule is C.CC.COPC[C@H](C)[C@H](C)/C=C\C(C)[C@H]1OC(C)(C)O[C@H]1CC(=O)O.COPC[C@H](C)[C@H](C)/C=C\C(C)[C@H]1OC(C)(C)O[C@H]1CC=O.COPC[C@H](C)[C@H](C)/C=C\C(C)[C@H]1OC(C)(C)O[C@H]1CCO. The minimum Gasteiger partial charge on any atom is -0.481 e. The minimum absolute atomic E-state index is 0. The van der Waals surface area contributed by atoms with Crippen LogP contribution in [-0.2, 0) is 51.6 Å². The van der Waals surface area contributed by atoms with Crippen molar-refractivity contribution in [2.24, 2.45) is 53.3 Å². The topological polar surface area (TPSA) is 158 Å². The van der Waals surface area contributed by atoms with Gasteiger partial charge in [-0.15, -0.1) is 0 Å². The third kappa shape index (κ3) is 28.2. The maximum Gasteiger partial charge on any atom is 0.306 e. The van der Waals surface area contributed by atoms with Crippen LogP contribution in [0, 0.1) is 53.3 Å². The molecule has 0 bridgehead atoms. The first-order valence-electron chi connectivity index (χ1n) is 25.4. The average molecular weight is 1060 g/mol. The zero-order valence-corrected chi connectivity index (χ0v) is 49.5. The summed E-state index contributed by atoms with van der Waals surface area (Å²) in [6, 6.07) is 0. The maximum absolute atomic E-state index is 11.0. The van der Waals surface area contributed by atoms with Gasteiger partial charge in [-0.3, -0.25) is 4.79 Å². The summed E-state index contributed by atoms with van der Waals surface area (Å²) < 4.78 is 50.9. The predicted molar refractivity (Wildman–Crippen MR) is 295 cm³/mol. The summed E-state index contributed by atoms with van der Waals surface area (Å²) in [5.41, 5.74) is 0. The molecule has 3 aliphatic rings. The third-order valence-electron chi connectivity index (χ3n) is 12.8. The molecule has 16 heteroatoms. The molecule has 13 nitrogen and oxygen atoms in total. The van der Waals surface area contributed by atoms with E-state index < -0.39 is 29.4 Å². The first-order valence-corrected chi connectivity index (χ1v) is 28.8. The minimum atomic E-state index is -0.861. The van der Waals surface area contributed by atoms with E-state index in [1.54, 1.807) is 21.3 Å². The number of hydrogen-bond donors (Lipinski definition) is 2. The monoisotopic (exact) mass is 1050 g/mol. The molecule has 0 aromatic rings. The quantitative estimate of drug-likeness (QED) is 0.0455. The Balaban J connectivity index is 0. The highest BCUT2D eigenvalue weighted by Crippen LogP contribution is 2.37. The van der Waals surface area contributed by atoms with E-state index in [0.717, 1.165) is 24.8 Å². The number of carbonyl (C=O) groups is 2. The second-order valence-electron chi connectivity index (χ2n) is 20.3. The molecule has 0 aromatic carbocycles. The fraction of sp³-hybridized carbons (Fsp3) is 0.852. The maximum atomic E-state index is 11.0. The smallest absolute Gasteiger partial charge is 0.306 e. The molecule has 70 heavy (non-hydrogen) atoms. The van der Waals surface area contributed by atoms with Crippen LogP contribution < -0.4 is 0 Å². The standard InChI is InChI=1S/C17H31O5P.C17H33O4P.C17H31O4P.C2H6.CH4/c1-11(13(3)10-23-20-6)7-8-12(2)16-14(9-15(18)19)21-17(4,5)22-16;2*1-12(14(3)11-22-19-6)7-8-13(2)16-15(9-10-18)20-17(4,5)21-16;1-2;/h7-8,11-14,16,23H,9-10H2,1-6H3,(H,18,19);7-8,12-16,18,22H,9-11H2,1-6H3;7-8,10,12-16,22H,9,11H2,1-6H3;1-2H3;1H4/b3*8-7-;;/t11-,12?,13+,14+,16-;2*12-,13?,14+,15+,16-;;/m111../s1. The first-order chi connectivity index (χ1) is 32.3. The van der Waals surface area contributed by atoms with Gasteiger partial charge in [-0.1, -0.05) is 120 Å². The van der Waals surface area contributed by atoms with E-state index >= 15 is 0 Å². The number of aliphatic carboxylic acids is 1. The molecule has 3 fully saturated rings. The van der Waals surface area contributed by atoms with Crippen molar-refractivity contribution in [2.45, 2.75) is 198 Å². The van der Waals surface area contributed by atoms with Gasteiger partial charge < -0.3 is 57.0 Å². The number of aliphatic hydroxyl groups excluding tert-OH is 1. The van der Waals surface area contributed by atoms with Crippen LogP contribution in [-0.4, -0.2) is 123 Å². The number of aliphatic hydroxyl groups is 1. The summed E-state index contributed by atoms with van der Waals surface area (Å²) in [5, 5.41) is 18.3. The lowest BCUT2D eigenvalue weighted by molar-refractivity contribution is -0.154. The molecule has 414 valence electrons. The van der Waals surface area contributed by atoms with E-state index in [-0.39, 0.29) is 68.7 Å². The molecule has 0 spiro atoms. The van der Waals surface area contributed by atoms with Crippen LogP contribution >= 0.6 is 26.4 Å². The molecule has 0 amide bonds. The molecule has 0 saturated carbocycles. The molecule has 3 saturated heterocycles. The highest BCUT2D eigenvalue weighted by molar-refractivity contribution is 7.32. The summed E-state index contributed by atoms with van der Waals surface area (Å²) in [4.78, 5) is 21.9. The van der Waals surface area contributed by atoms with E-state index in [1.807, 2.05) is 55.4 Å². The molecule has 0 aliphatic carbocycles. The van der Waals surface area contributed by atoms with Crippen molar-refractivity contribution in [3.8, 4) is 0 Å². The van der Waals surface area contributed by atoms with Crippen LogP contribution in [0.5, 0.6) is 0 Å². The number of allylic oxidation sites excluding steroid dienone is 3. The molecule has 2 N–H and O–H groups in total. The van der Waals surface area contributed by atoms with Crippen LogP contribution in [0.1, 0.15) is 144 Å². The molecule has 6 unspecified atom stereocenters. The first kappa shape index (κ1) is 71.3. The van der Waals surface area contributed by atoms with Crippen molar-refractivity contribution in [3.05, 3.63) is 36.5 Å². The average Bonchev–Trinajstić information content (AvgIpc) is 3.90. The second-order valence-corrected chi connectivity index (χ2v) is 23.6. The second kappa shape index (κ2) is 37.1. The van der Waals surface area contributed by atoms with Crippen LogP contribution in [0.25, 0.3) is 0 Å². The molecule has 3 heterocycles. The zero-order chi connectivity index (χ0) is 53.1. The van der Waals surface area contributed by atoms with Gasteiger partial charge in [-0.25, -0.2) is 0 Å². The van der Waals surface area contributed by atoms with Crippen molar-refractivity contribution in [1.82, 2.24) is 0 Å². The van der Waals surface area contributed by atoms with Gasteiger partial charge in [-0.05, 0) is 102 Å². The molecular formula is C54H105O13P3. The van der Waals surface area contributed by atoms with Crippen LogP contribution in [0.2, 0.25) is 0 Å². The zero-order valence-electron chi connectivity index (χ0n) is 46.5. The fourth-order valence-corrected chi connectivity index (χ4v) is 10.4. The molecule has 3 aliphatic heterocycles. The largest absolute Gasteiger partial charge is 0.481 e. The Morgan fingerprint density at radius 2 is 0.843 bits per heavy atom. The van der Waals surface area contributed by atoms with Gasteiger partial charge in [0.15, 0.2) is 17.4 Å². The number of carboxylic acids is 1. The van der Waals surface area contributed by atoms with E-state index in [9.17, 15) is 14.7 Å². The van der Waals surface area contributed by atoms with E-state index in [4.69, 9.17) is 47.1 Å². The lowest BCUT2D eigenvalue weighted by Crippen LogP contribution is -2.30. The number of carbonyl (C=O) groups excluding carboxylic acids is 1. The number of aldehydes is 1. The number of ether oxygens (including phenoxy) is 6. The highest BCUT2D eigenvalue weighted by Gasteiger charge is 2.45. The van der Waals surface area contributed by atoms with E-state index in [2.05, 4.69) is 98.8 Å². The fourth-order valence-electron chi connectivity index (χ4n) is 8.04. The number of rotatable bonds is 27. The Labute approximate surface area is 433 Å². The van der Waals surface area contributed by atoms with Gasteiger partial charge in [0.25, 0.3) is 0 Å². The van der Waals surface area contributed by atoms with Crippen molar-refractivity contribution in [1.29, 1.82) is 0 Å². The molecular weight excluding hydrogens is 950 g/mol. The van der Waals surface area contributed by atoms with Crippen molar-refractivity contribution < 1.29 is 61.8 Å². The predicted octanol–water partition coefficient (Wildman–Crippen LogP) is 12.7. The van der Waals surface area contributed by atoms with Crippen LogP contribution in [0.15, 0.2) is 36.5 Å². The third-order valence-corrected chi connectivity index (χ3v) is 16.1. The summed E-state index contributed by atoms with van der Waals surface area (Å²) in [6.07, 6.45) is 17.5. The molecule has 0 radical (unpaired) electrons. The van der Waals surface area contributed by atoms with Gasteiger partial charge in [0.1, 0.15) is 6.29 Å². The normalized spacial score (nSPS) is 27.8. The summed E-state index contributed by atoms with van der Waals surface area (Å²) in [7, 11) is 6.91. The van der Waals surface area contributed by atoms with Gasteiger partial charge in [0.05, 0.1) is 43.0 Å². The summed E-state index contributed by atoms with van der Waals surface area (Å²) in [5.74, 6) is 0.982. The van der Waals surface area contributed by atoms with Crippen molar-refractivity contribution >= 4 is 38.7 Å². The molecule has 3 rings (SSSR count). The summed E-state index contributed by atoms with van der Waals surface area (Å²) >= 11 is 0. The molecule has 18 atom stereocenters. The van der Waals surface area contributed by atoms with Crippen LogP contribution in [0.4, 0.5) is 0 Å². The lowest BCUT2D eigenvalue weighted by Gasteiger charge is -2.22. The van der Waals surface area contributed by atoms with Gasteiger partial charge in [-0.2, -0.15) is 0 Å². The van der Waals surface area contributed by atoms with E-state index in [0.29, 0.717) is 74.8 Å². The highest BCUT2D eigenvalue weighted by atomic mass is 31.1. The van der Waals surface area contributed by atoms with Crippen LogP contribution in [0.3, 0.4) is 0 Å². The van der Waals surface area contributed by atoms with E-state index in [1.165, 1.54) is 0 Å². The van der Waals surface area contributed by atoms with Gasteiger partial charge in [0.2, 0.25) is 0 Å². The number of carboxylic acid groups (broad SMARTS) is 1. The Hall–Kier alpha value is -0.750. The van der Waals surface area contributed by atoms with Crippen molar-refractivity contribution in [3.63, 3.8) is 0 Å². The Morgan fingerprint density at radius 3 is 1.14 bits per heavy atom. The lowest BCUT2D eigenvalue weighted by atomic mass is 9.92. The van der Waals surface area contributed by atoms with Crippen molar-refractivity contribution in [2.75, 3.05) is 46.4 Å². The number of hydrogen-bond acceptors (Lipinski definition) is 12. The molecule has 0 aromatic heterocycles. The Morgan fingerprint density at radius 1 is 0.543 bits per heavy atom. The van der Waals surface area contributed by atoms with Gasteiger partial charge in [0, 0.05) is 78.5 Å². The van der Waals surface area contributed by atoms with Gasteiger partial charge >= 0.3 is 5.97 Å². The Kier molecular flexibility index (Phi) is 37.8. The summed E-state index contributed by atoms with van der Waals surface area (Å²) in [6.45, 7) is 35.2. The Bertz CT molecular complexity index is 1460.